The molecular weight excluding hydrogens is 463 g/mol. The first-order valence-electron chi connectivity index (χ1n) is 8.30. The number of ether oxygens (including phenoxy) is 1. The van der Waals surface area contributed by atoms with Gasteiger partial charge in [-0.3, -0.25) is 9.98 Å². The Morgan fingerprint density at radius 2 is 1.96 bits per heavy atom. The molecule has 1 heterocycles. The van der Waals surface area contributed by atoms with Crippen LogP contribution in [-0.2, 0) is 6.42 Å². The molecule has 0 bridgehead atoms. The average molecular weight is 489 g/mol. The van der Waals surface area contributed by atoms with E-state index >= 15 is 0 Å². The minimum Gasteiger partial charge on any atom is -0.492 e. The summed E-state index contributed by atoms with van der Waals surface area (Å²) in [4.78, 5) is 10.7. The van der Waals surface area contributed by atoms with Crippen molar-refractivity contribution in [3.63, 3.8) is 0 Å². The molecule has 1 N–H and O–H groups in total. The van der Waals surface area contributed by atoms with Crippen LogP contribution >= 0.6 is 35.6 Å². The van der Waals surface area contributed by atoms with Crippen molar-refractivity contribution in [2.45, 2.75) is 13.3 Å². The summed E-state index contributed by atoms with van der Waals surface area (Å²) in [6.07, 6.45) is 2.82. The smallest absolute Gasteiger partial charge is 0.193 e. The summed E-state index contributed by atoms with van der Waals surface area (Å²) in [5, 5.41) is 4.07. The van der Waals surface area contributed by atoms with E-state index in [9.17, 15) is 0 Å². The first-order chi connectivity index (χ1) is 12.1. The van der Waals surface area contributed by atoms with Crippen LogP contribution in [0.15, 0.2) is 47.6 Å². The lowest BCUT2D eigenvalue weighted by Gasteiger charge is -2.22. The van der Waals surface area contributed by atoms with E-state index in [0.717, 1.165) is 36.9 Å². The van der Waals surface area contributed by atoms with Gasteiger partial charge in [-0.15, -0.1) is 24.0 Å². The van der Waals surface area contributed by atoms with Gasteiger partial charge >= 0.3 is 0 Å². The van der Waals surface area contributed by atoms with Gasteiger partial charge in [-0.1, -0.05) is 17.7 Å². The van der Waals surface area contributed by atoms with Gasteiger partial charge in [-0.25, -0.2) is 0 Å². The lowest BCUT2D eigenvalue weighted by Crippen LogP contribution is -2.41. The van der Waals surface area contributed by atoms with Gasteiger partial charge in [-0.05, 0) is 49.2 Å². The second-order valence-electron chi connectivity index (χ2n) is 5.76. The molecule has 0 aliphatic carbocycles. The lowest BCUT2D eigenvalue weighted by molar-refractivity contribution is 0.281. The summed E-state index contributed by atoms with van der Waals surface area (Å²) in [7, 11) is 3.78. The molecule has 0 radical (unpaired) electrons. The highest BCUT2D eigenvalue weighted by Gasteiger charge is 2.06. The Balaban J connectivity index is 0.00000338. The number of likely N-dealkylation sites (N-methyl/N-ethyl adjacent to an activating group) is 1. The standard InChI is InChI=1S/C19H25ClN4O.HI/c1-15-4-5-16(14-23-15)10-11-22-19(21-2)24(3)12-13-25-18-8-6-17(20)7-9-18;/h4-9,14H,10-13H2,1-3H3,(H,21,22);1H. The molecule has 0 saturated heterocycles. The molecule has 1 aromatic carbocycles. The van der Waals surface area contributed by atoms with Crippen LogP contribution in [-0.4, -0.2) is 49.6 Å². The quantitative estimate of drug-likeness (QED) is 0.366. The van der Waals surface area contributed by atoms with Crippen molar-refractivity contribution in [2.24, 2.45) is 4.99 Å². The van der Waals surface area contributed by atoms with E-state index in [1.165, 1.54) is 5.56 Å². The number of hydrogen-bond acceptors (Lipinski definition) is 3. The number of pyridine rings is 1. The Kier molecular flexibility index (Phi) is 10.3. The second kappa shape index (κ2) is 12.0. The van der Waals surface area contributed by atoms with Gasteiger partial charge in [0.25, 0.3) is 0 Å². The van der Waals surface area contributed by atoms with Gasteiger partial charge in [0.15, 0.2) is 5.96 Å². The zero-order valence-electron chi connectivity index (χ0n) is 15.4. The van der Waals surface area contributed by atoms with Crippen LogP contribution in [0.4, 0.5) is 0 Å². The normalized spacial score (nSPS) is 10.8. The topological polar surface area (TPSA) is 49.8 Å². The fraction of sp³-hybridized carbons (Fsp3) is 0.368. The molecule has 26 heavy (non-hydrogen) atoms. The SMILES string of the molecule is CN=C(NCCc1ccc(C)nc1)N(C)CCOc1ccc(Cl)cc1.I. The molecule has 0 atom stereocenters. The van der Waals surface area contributed by atoms with Crippen molar-refractivity contribution in [3.8, 4) is 5.75 Å². The fourth-order valence-electron chi connectivity index (χ4n) is 2.29. The summed E-state index contributed by atoms with van der Waals surface area (Å²) >= 11 is 5.87. The summed E-state index contributed by atoms with van der Waals surface area (Å²) in [5.41, 5.74) is 2.25. The van der Waals surface area contributed by atoms with Crippen LogP contribution in [0.2, 0.25) is 5.02 Å². The van der Waals surface area contributed by atoms with Crippen molar-refractivity contribution in [1.82, 2.24) is 15.2 Å². The minimum atomic E-state index is 0. The molecule has 0 aliphatic rings. The molecule has 0 amide bonds. The van der Waals surface area contributed by atoms with Crippen molar-refractivity contribution in [3.05, 3.63) is 58.9 Å². The molecule has 142 valence electrons. The first kappa shape index (κ1) is 22.5. The first-order valence-corrected chi connectivity index (χ1v) is 8.68. The van der Waals surface area contributed by atoms with E-state index in [4.69, 9.17) is 16.3 Å². The van der Waals surface area contributed by atoms with Crippen LogP contribution < -0.4 is 10.1 Å². The van der Waals surface area contributed by atoms with Crippen molar-refractivity contribution >= 4 is 41.5 Å². The minimum absolute atomic E-state index is 0. The number of benzene rings is 1. The van der Waals surface area contributed by atoms with Crippen LogP contribution in [0, 0.1) is 6.92 Å². The highest BCUT2D eigenvalue weighted by molar-refractivity contribution is 14.0. The predicted octanol–water partition coefficient (Wildman–Crippen LogP) is 3.79. The predicted molar refractivity (Wildman–Crippen MR) is 119 cm³/mol. The van der Waals surface area contributed by atoms with Crippen LogP contribution in [0.3, 0.4) is 0 Å². The molecule has 2 aromatic rings. The Hall–Kier alpha value is -1.54. The van der Waals surface area contributed by atoms with Gasteiger partial charge in [-0.2, -0.15) is 0 Å². The number of aliphatic imine (C=N–C) groups is 1. The van der Waals surface area contributed by atoms with Crippen LogP contribution in [0.5, 0.6) is 5.75 Å². The number of aryl methyl sites for hydroxylation is 1. The third-order valence-corrected chi connectivity index (χ3v) is 4.00. The van der Waals surface area contributed by atoms with Gasteiger partial charge in [0.05, 0.1) is 6.54 Å². The van der Waals surface area contributed by atoms with Gasteiger partial charge in [0.1, 0.15) is 12.4 Å². The number of rotatable bonds is 7. The molecule has 0 aliphatic heterocycles. The van der Waals surface area contributed by atoms with E-state index in [2.05, 4.69) is 21.4 Å². The van der Waals surface area contributed by atoms with Crippen molar-refractivity contribution in [2.75, 3.05) is 33.8 Å². The zero-order valence-corrected chi connectivity index (χ0v) is 18.5. The molecule has 0 unspecified atom stereocenters. The van der Waals surface area contributed by atoms with Gasteiger partial charge < -0.3 is 15.0 Å². The number of hydrogen-bond donors (Lipinski definition) is 1. The summed E-state index contributed by atoms with van der Waals surface area (Å²) in [6, 6.07) is 11.5. The summed E-state index contributed by atoms with van der Waals surface area (Å²) in [5.74, 6) is 1.66. The molecule has 2 rings (SSSR count). The third kappa shape index (κ3) is 7.78. The number of aromatic nitrogens is 1. The third-order valence-electron chi connectivity index (χ3n) is 3.75. The monoisotopic (exact) mass is 488 g/mol. The Labute approximate surface area is 177 Å². The maximum absolute atomic E-state index is 5.87. The van der Waals surface area contributed by atoms with Crippen molar-refractivity contribution < 1.29 is 4.74 Å². The van der Waals surface area contributed by atoms with E-state index in [-0.39, 0.29) is 24.0 Å². The van der Waals surface area contributed by atoms with Gasteiger partial charge in [0.2, 0.25) is 0 Å². The maximum Gasteiger partial charge on any atom is 0.193 e. The molecule has 7 heteroatoms. The van der Waals surface area contributed by atoms with Gasteiger partial charge in [0, 0.05) is 37.6 Å². The Morgan fingerprint density at radius 1 is 1.23 bits per heavy atom. The lowest BCUT2D eigenvalue weighted by atomic mass is 10.2. The highest BCUT2D eigenvalue weighted by Crippen LogP contribution is 2.15. The summed E-state index contributed by atoms with van der Waals surface area (Å²) in [6.45, 7) is 4.10. The molecule has 5 nitrogen and oxygen atoms in total. The van der Waals surface area contributed by atoms with Crippen LogP contribution in [0.25, 0.3) is 0 Å². The molecule has 0 saturated carbocycles. The van der Waals surface area contributed by atoms with E-state index in [1.54, 1.807) is 7.05 Å². The Morgan fingerprint density at radius 3 is 2.58 bits per heavy atom. The van der Waals surface area contributed by atoms with Crippen molar-refractivity contribution in [1.29, 1.82) is 0 Å². The molecule has 0 spiro atoms. The number of nitrogens with zero attached hydrogens (tertiary/aromatic N) is 3. The fourth-order valence-corrected chi connectivity index (χ4v) is 2.41. The highest BCUT2D eigenvalue weighted by atomic mass is 127. The Bertz CT molecular complexity index is 677. The molecule has 0 fully saturated rings. The summed E-state index contributed by atoms with van der Waals surface area (Å²) < 4.78 is 5.72. The zero-order chi connectivity index (χ0) is 18.1. The van der Waals surface area contributed by atoms with E-state index < -0.39 is 0 Å². The number of nitrogens with one attached hydrogen (secondary N) is 1. The average Bonchev–Trinajstić information content (AvgIpc) is 2.62. The molecular formula is C19H26ClIN4O. The number of guanidine groups is 1. The van der Waals surface area contributed by atoms with E-state index in [1.807, 2.05) is 55.4 Å². The maximum atomic E-state index is 5.87. The molecule has 1 aromatic heterocycles. The van der Waals surface area contributed by atoms with Crippen LogP contribution in [0.1, 0.15) is 11.3 Å². The number of halogens is 2. The largest absolute Gasteiger partial charge is 0.492 e. The van der Waals surface area contributed by atoms with E-state index in [0.29, 0.717) is 11.6 Å². The second-order valence-corrected chi connectivity index (χ2v) is 6.19.